The van der Waals surface area contributed by atoms with Crippen molar-refractivity contribution in [3.05, 3.63) is 35.4 Å². The van der Waals surface area contributed by atoms with E-state index in [1.807, 2.05) is 5.32 Å². The van der Waals surface area contributed by atoms with Crippen LogP contribution < -0.4 is 19.5 Å². The van der Waals surface area contributed by atoms with E-state index in [0.717, 1.165) is 12.1 Å². The fourth-order valence-electron chi connectivity index (χ4n) is 2.03. The number of carbonyl (C=O) groups is 3. The van der Waals surface area contributed by atoms with Gasteiger partial charge in [0.25, 0.3) is 10.0 Å². The largest absolute Gasteiger partial charge is 0.481 e. The average Bonchev–Trinajstić information content (AvgIpc) is 2.66. The molecule has 0 saturated carbocycles. The molecule has 0 spiro atoms. The van der Waals surface area contributed by atoms with E-state index < -0.39 is 44.0 Å². The van der Waals surface area contributed by atoms with Crippen molar-refractivity contribution in [3.63, 3.8) is 0 Å². The number of urea groups is 1. The molecule has 2 aromatic rings. The van der Waals surface area contributed by atoms with Gasteiger partial charge in [0.1, 0.15) is 4.90 Å². The van der Waals surface area contributed by atoms with E-state index in [-0.39, 0.29) is 17.7 Å². The number of carboxylic acids is 2. The van der Waals surface area contributed by atoms with Crippen LogP contribution in [0.25, 0.3) is 0 Å². The monoisotopic (exact) mass is 426 g/mol. The molecule has 29 heavy (non-hydrogen) atoms. The van der Waals surface area contributed by atoms with Crippen LogP contribution in [-0.4, -0.2) is 60.8 Å². The molecule has 0 radical (unpaired) electrons. The van der Waals surface area contributed by atoms with Crippen LogP contribution in [0.3, 0.4) is 0 Å². The van der Waals surface area contributed by atoms with E-state index >= 15 is 0 Å². The Labute approximate surface area is 163 Å². The summed E-state index contributed by atoms with van der Waals surface area (Å²) in [4.78, 5) is 41.1. The fraction of sp³-hybridized carbons (Fsp3) is 0.133. The van der Waals surface area contributed by atoms with E-state index in [1.54, 1.807) is 4.72 Å². The third kappa shape index (κ3) is 5.07. The number of nitrogens with one attached hydrogen (secondary N) is 2. The molecule has 1 aromatic carbocycles. The van der Waals surface area contributed by atoms with Crippen molar-refractivity contribution in [2.24, 2.45) is 0 Å². The van der Waals surface area contributed by atoms with Crippen molar-refractivity contribution >= 4 is 33.9 Å². The summed E-state index contributed by atoms with van der Waals surface area (Å²) in [6.07, 6.45) is 0. The van der Waals surface area contributed by atoms with Gasteiger partial charge in [0.15, 0.2) is 0 Å². The van der Waals surface area contributed by atoms with Crippen molar-refractivity contribution < 1.29 is 42.5 Å². The molecule has 0 aliphatic rings. The number of sulfonamides is 1. The smallest absolute Gasteiger partial charge is 0.337 e. The van der Waals surface area contributed by atoms with Crippen LogP contribution in [0.4, 0.5) is 10.7 Å². The molecule has 0 unspecified atom stereocenters. The van der Waals surface area contributed by atoms with Crippen LogP contribution in [0.15, 0.2) is 29.2 Å². The zero-order valence-electron chi connectivity index (χ0n) is 14.9. The second-order valence-electron chi connectivity index (χ2n) is 5.16. The first kappa shape index (κ1) is 21.4. The summed E-state index contributed by atoms with van der Waals surface area (Å²) in [6, 6.07) is 2.30. The zero-order valence-corrected chi connectivity index (χ0v) is 15.7. The summed E-state index contributed by atoms with van der Waals surface area (Å²) in [5.41, 5.74) is -1.22. The standard InChI is InChI=1S/C15H14N4O9S/c1-27-10-6-11(28-2)17-14(16-10)18-15(24)19-29(25,26)9-5-7(12(20)21)3-4-8(9)13(22)23/h3-6H,1-2H3,(H,20,21)(H,22,23)(H2,16,17,18,19,24). The molecular weight excluding hydrogens is 412 g/mol. The SMILES string of the molecule is COc1cc(OC)nc(NC(=O)NS(=O)(=O)c2cc(C(=O)O)ccc2C(=O)O)n1. The van der Waals surface area contributed by atoms with Gasteiger partial charge in [-0.25, -0.2) is 27.5 Å². The maximum absolute atomic E-state index is 12.5. The first-order chi connectivity index (χ1) is 13.6. The minimum absolute atomic E-state index is 0.0114. The normalized spacial score (nSPS) is 10.7. The lowest BCUT2D eigenvalue weighted by Crippen LogP contribution is -2.35. The summed E-state index contributed by atoms with van der Waals surface area (Å²) in [5, 5.41) is 20.2. The van der Waals surface area contributed by atoms with Crippen molar-refractivity contribution in [1.82, 2.24) is 14.7 Å². The van der Waals surface area contributed by atoms with Gasteiger partial charge in [0, 0.05) is 0 Å². The predicted molar refractivity (Wildman–Crippen MR) is 94.8 cm³/mol. The van der Waals surface area contributed by atoms with Gasteiger partial charge in [-0.05, 0) is 18.2 Å². The van der Waals surface area contributed by atoms with Crippen molar-refractivity contribution in [3.8, 4) is 11.8 Å². The lowest BCUT2D eigenvalue weighted by molar-refractivity contribution is 0.0678. The molecule has 0 saturated heterocycles. The molecule has 2 rings (SSSR count). The number of hydrogen-bond donors (Lipinski definition) is 4. The number of rotatable bonds is 7. The molecule has 0 bridgehead atoms. The summed E-state index contributed by atoms with van der Waals surface area (Å²) in [5.74, 6) is -3.47. The number of carboxylic acid groups (broad SMARTS) is 2. The molecule has 13 nitrogen and oxygen atoms in total. The van der Waals surface area contributed by atoms with Crippen LogP contribution in [-0.2, 0) is 10.0 Å². The minimum Gasteiger partial charge on any atom is -0.481 e. The molecular formula is C15H14N4O9S. The lowest BCUT2D eigenvalue weighted by Gasteiger charge is -2.11. The quantitative estimate of drug-likeness (QED) is 0.478. The Kier molecular flexibility index (Phi) is 6.18. The number of hydrogen-bond acceptors (Lipinski definition) is 9. The summed E-state index contributed by atoms with van der Waals surface area (Å²) in [7, 11) is -2.19. The average molecular weight is 426 g/mol. The molecule has 2 amide bonds. The van der Waals surface area contributed by atoms with Gasteiger partial charge >= 0.3 is 18.0 Å². The van der Waals surface area contributed by atoms with Gasteiger partial charge in [0.2, 0.25) is 17.7 Å². The Bertz CT molecular complexity index is 1060. The Morgan fingerprint density at radius 2 is 1.55 bits per heavy atom. The van der Waals surface area contributed by atoms with Crippen LogP contribution in [0.5, 0.6) is 11.8 Å². The molecule has 0 aliphatic heterocycles. The number of aromatic nitrogens is 2. The van der Waals surface area contributed by atoms with E-state index in [9.17, 15) is 22.8 Å². The van der Waals surface area contributed by atoms with Crippen LogP contribution in [0.1, 0.15) is 20.7 Å². The molecule has 1 aromatic heterocycles. The minimum atomic E-state index is -4.77. The summed E-state index contributed by atoms with van der Waals surface area (Å²) < 4.78 is 36.3. The van der Waals surface area contributed by atoms with Gasteiger partial charge < -0.3 is 19.7 Å². The summed E-state index contributed by atoms with van der Waals surface area (Å²) in [6.45, 7) is 0. The highest BCUT2D eigenvalue weighted by molar-refractivity contribution is 7.90. The van der Waals surface area contributed by atoms with E-state index in [0.29, 0.717) is 6.07 Å². The first-order valence-corrected chi connectivity index (χ1v) is 8.97. The van der Waals surface area contributed by atoms with E-state index in [2.05, 4.69) is 9.97 Å². The van der Waals surface area contributed by atoms with Gasteiger partial charge in [-0.1, -0.05) is 0 Å². The highest BCUT2D eigenvalue weighted by atomic mass is 32.2. The Hall–Kier alpha value is -3.94. The topological polar surface area (TPSA) is 194 Å². The van der Waals surface area contributed by atoms with Gasteiger partial charge in [0.05, 0.1) is 31.4 Å². The maximum Gasteiger partial charge on any atom is 0.337 e. The molecule has 0 fully saturated rings. The molecule has 4 N–H and O–H groups in total. The number of benzene rings is 1. The number of nitrogens with zero attached hydrogens (tertiary/aromatic N) is 2. The number of ether oxygens (including phenoxy) is 2. The number of amides is 2. The number of aromatic carboxylic acids is 2. The molecule has 1 heterocycles. The van der Waals surface area contributed by atoms with Crippen LogP contribution in [0.2, 0.25) is 0 Å². The lowest BCUT2D eigenvalue weighted by atomic mass is 10.1. The predicted octanol–water partition coefficient (Wildman–Crippen LogP) is 0.401. The second kappa shape index (κ2) is 8.39. The Morgan fingerprint density at radius 3 is 2.03 bits per heavy atom. The van der Waals surface area contributed by atoms with Crippen molar-refractivity contribution in [1.29, 1.82) is 0 Å². The first-order valence-electron chi connectivity index (χ1n) is 7.49. The number of carbonyl (C=O) groups excluding carboxylic acids is 1. The maximum atomic E-state index is 12.5. The summed E-state index contributed by atoms with van der Waals surface area (Å²) >= 11 is 0. The number of anilines is 1. The van der Waals surface area contributed by atoms with E-state index in [4.69, 9.17) is 19.7 Å². The Morgan fingerprint density at radius 1 is 0.966 bits per heavy atom. The molecule has 154 valence electrons. The molecule has 0 atom stereocenters. The highest BCUT2D eigenvalue weighted by Gasteiger charge is 2.26. The van der Waals surface area contributed by atoms with Gasteiger partial charge in [-0.3, -0.25) is 5.32 Å². The van der Waals surface area contributed by atoms with Crippen molar-refractivity contribution in [2.45, 2.75) is 4.90 Å². The third-order valence-electron chi connectivity index (χ3n) is 3.30. The second-order valence-corrected chi connectivity index (χ2v) is 6.81. The molecule has 14 heteroatoms. The highest BCUT2D eigenvalue weighted by Crippen LogP contribution is 2.20. The van der Waals surface area contributed by atoms with Gasteiger partial charge in [-0.2, -0.15) is 9.97 Å². The Balaban J connectivity index is 2.34. The van der Waals surface area contributed by atoms with Crippen LogP contribution in [0, 0.1) is 0 Å². The fourth-order valence-corrected chi connectivity index (χ4v) is 3.16. The van der Waals surface area contributed by atoms with Crippen LogP contribution >= 0.6 is 0 Å². The van der Waals surface area contributed by atoms with Gasteiger partial charge in [-0.15, -0.1) is 0 Å². The number of methoxy groups -OCH3 is 2. The van der Waals surface area contributed by atoms with Crippen molar-refractivity contribution in [2.75, 3.05) is 19.5 Å². The zero-order chi connectivity index (χ0) is 21.8. The molecule has 0 aliphatic carbocycles. The third-order valence-corrected chi connectivity index (χ3v) is 4.67. The van der Waals surface area contributed by atoms with E-state index in [1.165, 1.54) is 20.3 Å².